The van der Waals surface area contributed by atoms with Gasteiger partial charge < -0.3 is 4.98 Å². The SMILES string of the molecule is CCc1c[nH]c2ncc(-c3ccc(CCS(N)(=O)=O)cc3)cc12. The van der Waals surface area contributed by atoms with Crippen LogP contribution in [0, 0.1) is 0 Å². The Bertz CT molecular complexity index is 928. The molecule has 0 saturated carbocycles. The van der Waals surface area contributed by atoms with Gasteiger partial charge in [-0.1, -0.05) is 31.2 Å². The van der Waals surface area contributed by atoms with Crippen molar-refractivity contribution in [2.75, 3.05) is 5.75 Å². The molecule has 0 saturated heterocycles. The number of fused-ring (bicyclic) bond motifs is 1. The Balaban J connectivity index is 1.87. The molecule has 3 N–H and O–H groups in total. The van der Waals surface area contributed by atoms with Crippen molar-refractivity contribution in [2.45, 2.75) is 19.8 Å². The lowest BCUT2D eigenvalue weighted by Gasteiger charge is -2.05. The first kappa shape index (κ1) is 15.7. The van der Waals surface area contributed by atoms with E-state index in [2.05, 4.69) is 23.0 Å². The van der Waals surface area contributed by atoms with Crippen LogP contribution in [0.3, 0.4) is 0 Å². The number of hydrogen-bond acceptors (Lipinski definition) is 3. The number of nitrogens with two attached hydrogens (primary N) is 1. The predicted octanol–water partition coefficient (Wildman–Crippen LogP) is 2.62. The zero-order valence-corrected chi connectivity index (χ0v) is 13.7. The van der Waals surface area contributed by atoms with E-state index in [9.17, 15) is 8.42 Å². The maximum atomic E-state index is 11.0. The molecule has 0 aliphatic heterocycles. The lowest BCUT2D eigenvalue weighted by atomic mass is 10.0. The number of nitrogens with one attached hydrogen (secondary N) is 1. The minimum absolute atomic E-state index is 0.0386. The number of aryl methyl sites for hydroxylation is 2. The van der Waals surface area contributed by atoms with E-state index >= 15 is 0 Å². The fourth-order valence-electron chi connectivity index (χ4n) is 2.63. The smallest absolute Gasteiger partial charge is 0.209 e. The van der Waals surface area contributed by atoms with Crippen molar-refractivity contribution < 1.29 is 8.42 Å². The first-order chi connectivity index (χ1) is 11.0. The van der Waals surface area contributed by atoms with Crippen molar-refractivity contribution in [1.29, 1.82) is 0 Å². The quantitative estimate of drug-likeness (QED) is 0.754. The van der Waals surface area contributed by atoms with Crippen LogP contribution in [0.4, 0.5) is 0 Å². The molecule has 5 nitrogen and oxygen atoms in total. The van der Waals surface area contributed by atoms with Crippen molar-refractivity contribution in [3.05, 3.63) is 53.9 Å². The van der Waals surface area contributed by atoms with Crippen LogP contribution in [-0.4, -0.2) is 24.1 Å². The molecular weight excluding hydrogens is 310 g/mol. The molecular formula is C17H19N3O2S. The van der Waals surface area contributed by atoms with Crippen molar-refractivity contribution in [1.82, 2.24) is 9.97 Å². The van der Waals surface area contributed by atoms with Gasteiger partial charge in [0.1, 0.15) is 5.65 Å². The molecule has 0 radical (unpaired) electrons. The van der Waals surface area contributed by atoms with E-state index < -0.39 is 10.0 Å². The van der Waals surface area contributed by atoms with E-state index in [4.69, 9.17) is 5.14 Å². The Hall–Kier alpha value is -2.18. The second-order valence-corrected chi connectivity index (χ2v) is 7.34. The molecule has 3 rings (SSSR count). The molecule has 23 heavy (non-hydrogen) atoms. The normalized spacial score (nSPS) is 11.9. The van der Waals surface area contributed by atoms with E-state index in [1.807, 2.05) is 36.7 Å². The number of nitrogens with zero attached hydrogens (tertiary/aromatic N) is 1. The number of aromatic nitrogens is 2. The number of primary sulfonamides is 1. The fourth-order valence-corrected chi connectivity index (χ4v) is 3.15. The topological polar surface area (TPSA) is 88.8 Å². The fraction of sp³-hybridized carbons (Fsp3) is 0.235. The summed E-state index contributed by atoms with van der Waals surface area (Å²) in [6.45, 7) is 2.12. The third-order valence-corrected chi connectivity index (χ3v) is 4.73. The maximum absolute atomic E-state index is 11.0. The van der Waals surface area contributed by atoms with Crippen LogP contribution < -0.4 is 5.14 Å². The Morgan fingerprint density at radius 1 is 1.17 bits per heavy atom. The standard InChI is InChI=1S/C17H19N3O2S/c1-2-13-10-19-17-16(13)9-15(11-20-17)14-5-3-12(4-6-14)7-8-23(18,21)22/h3-6,9-11H,2,7-8H2,1H3,(H,19,20)(H2,18,21,22). The molecule has 3 aromatic rings. The van der Waals surface area contributed by atoms with Gasteiger partial charge in [-0.3, -0.25) is 0 Å². The molecule has 2 aromatic heterocycles. The van der Waals surface area contributed by atoms with E-state index in [0.717, 1.165) is 34.1 Å². The van der Waals surface area contributed by atoms with Gasteiger partial charge in [0, 0.05) is 23.3 Å². The molecule has 0 bridgehead atoms. The van der Waals surface area contributed by atoms with Crippen LogP contribution in [0.1, 0.15) is 18.1 Å². The van der Waals surface area contributed by atoms with Gasteiger partial charge in [-0.25, -0.2) is 18.5 Å². The van der Waals surface area contributed by atoms with Crippen molar-refractivity contribution in [3.63, 3.8) is 0 Å². The molecule has 2 heterocycles. The Morgan fingerprint density at radius 3 is 2.57 bits per heavy atom. The molecule has 0 unspecified atom stereocenters. The summed E-state index contributed by atoms with van der Waals surface area (Å²) in [7, 11) is -3.42. The molecule has 0 amide bonds. The number of rotatable bonds is 5. The highest BCUT2D eigenvalue weighted by atomic mass is 32.2. The highest BCUT2D eigenvalue weighted by Crippen LogP contribution is 2.25. The van der Waals surface area contributed by atoms with E-state index in [-0.39, 0.29) is 5.75 Å². The van der Waals surface area contributed by atoms with Gasteiger partial charge >= 0.3 is 0 Å². The number of H-pyrrole nitrogens is 1. The minimum Gasteiger partial charge on any atom is -0.346 e. The molecule has 0 aliphatic rings. The lowest BCUT2D eigenvalue weighted by molar-refractivity contribution is 0.597. The molecule has 0 aliphatic carbocycles. The number of aromatic amines is 1. The number of pyridine rings is 1. The monoisotopic (exact) mass is 329 g/mol. The van der Waals surface area contributed by atoms with Crippen LogP contribution in [0.2, 0.25) is 0 Å². The molecule has 0 atom stereocenters. The summed E-state index contributed by atoms with van der Waals surface area (Å²) in [6.07, 6.45) is 5.22. The van der Waals surface area contributed by atoms with Gasteiger partial charge in [-0.05, 0) is 35.6 Å². The largest absolute Gasteiger partial charge is 0.346 e. The number of hydrogen-bond donors (Lipinski definition) is 2. The maximum Gasteiger partial charge on any atom is 0.209 e. The number of sulfonamides is 1. The highest BCUT2D eigenvalue weighted by molar-refractivity contribution is 7.89. The Kier molecular flexibility index (Phi) is 4.19. The van der Waals surface area contributed by atoms with Crippen LogP contribution in [0.15, 0.2) is 42.7 Å². The second kappa shape index (κ2) is 6.14. The first-order valence-electron chi connectivity index (χ1n) is 7.52. The van der Waals surface area contributed by atoms with E-state index in [0.29, 0.717) is 6.42 Å². The van der Waals surface area contributed by atoms with Crippen LogP contribution in [0.25, 0.3) is 22.2 Å². The third-order valence-electron chi connectivity index (χ3n) is 3.96. The third kappa shape index (κ3) is 3.60. The van der Waals surface area contributed by atoms with Crippen LogP contribution >= 0.6 is 0 Å². The summed E-state index contributed by atoms with van der Waals surface area (Å²) in [5, 5.41) is 6.18. The summed E-state index contributed by atoms with van der Waals surface area (Å²) in [5.74, 6) is -0.0386. The molecule has 6 heteroatoms. The summed E-state index contributed by atoms with van der Waals surface area (Å²) in [5.41, 5.74) is 5.20. The van der Waals surface area contributed by atoms with Gasteiger partial charge in [-0.2, -0.15) is 0 Å². The second-order valence-electron chi connectivity index (χ2n) is 5.60. The van der Waals surface area contributed by atoms with E-state index in [1.165, 1.54) is 5.56 Å². The molecule has 1 aromatic carbocycles. The van der Waals surface area contributed by atoms with Crippen molar-refractivity contribution >= 4 is 21.1 Å². The zero-order valence-electron chi connectivity index (χ0n) is 12.9. The lowest BCUT2D eigenvalue weighted by Crippen LogP contribution is -2.17. The van der Waals surface area contributed by atoms with Gasteiger partial charge in [0.25, 0.3) is 0 Å². The number of benzene rings is 1. The van der Waals surface area contributed by atoms with Crippen molar-refractivity contribution in [3.8, 4) is 11.1 Å². The minimum atomic E-state index is -3.42. The zero-order chi connectivity index (χ0) is 16.4. The summed E-state index contributed by atoms with van der Waals surface area (Å²) >= 11 is 0. The average molecular weight is 329 g/mol. The Labute approximate surface area is 135 Å². The van der Waals surface area contributed by atoms with Crippen LogP contribution in [0.5, 0.6) is 0 Å². The molecule has 0 fully saturated rings. The van der Waals surface area contributed by atoms with Gasteiger partial charge in [-0.15, -0.1) is 0 Å². The molecule has 0 spiro atoms. The van der Waals surface area contributed by atoms with Gasteiger partial charge in [0.2, 0.25) is 10.0 Å². The van der Waals surface area contributed by atoms with Crippen LogP contribution in [-0.2, 0) is 22.9 Å². The summed E-state index contributed by atoms with van der Waals surface area (Å²) in [6, 6.07) is 9.97. The summed E-state index contributed by atoms with van der Waals surface area (Å²) in [4.78, 5) is 7.64. The first-order valence-corrected chi connectivity index (χ1v) is 9.23. The van der Waals surface area contributed by atoms with E-state index in [1.54, 1.807) is 0 Å². The summed E-state index contributed by atoms with van der Waals surface area (Å²) < 4.78 is 22.0. The average Bonchev–Trinajstić information content (AvgIpc) is 2.95. The van der Waals surface area contributed by atoms with Gasteiger partial charge in [0.15, 0.2) is 0 Å². The highest BCUT2D eigenvalue weighted by Gasteiger charge is 2.07. The predicted molar refractivity (Wildman–Crippen MR) is 92.6 cm³/mol. The van der Waals surface area contributed by atoms with Gasteiger partial charge in [0.05, 0.1) is 5.75 Å². The molecule has 120 valence electrons. The Morgan fingerprint density at radius 2 is 1.91 bits per heavy atom. The van der Waals surface area contributed by atoms with Crippen molar-refractivity contribution in [2.24, 2.45) is 5.14 Å².